The molecule has 0 saturated carbocycles. The Hall–Kier alpha value is -1.03. The van der Waals surface area contributed by atoms with Gasteiger partial charge in [0.1, 0.15) is 0 Å². The number of hydrogen-bond donors (Lipinski definition) is 1. The molecule has 4 heteroatoms. The molecule has 2 aromatic rings. The van der Waals surface area contributed by atoms with E-state index in [1.54, 1.807) is 6.07 Å². The first-order valence-electron chi connectivity index (χ1n) is 4.17. The number of fused-ring (bicyclic) bond motifs is 1. The van der Waals surface area contributed by atoms with Gasteiger partial charge in [-0.3, -0.25) is 0 Å². The van der Waals surface area contributed by atoms with Crippen molar-refractivity contribution in [2.24, 2.45) is 0 Å². The Bertz CT molecular complexity index is 483. The quantitative estimate of drug-likeness (QED) is 0.456. The third-order valence-corrected chi connectivity index (χ3v) is 2.10. The molecule has 0 fully saturated rings. The molecule has 0 spiro atoms. The average Bonchev–Trinajstić information content (AvgIpc) is 2.59. The molecule has 0 aliphatic rings. The van der Waals surface area contributed by atoms with E-state index >= 15 is 0 Å². The summed E-state index contributed by atoms with van der Waals surface area (Å²) in [6, 6.07) is 9.29. The second kappa shape index (κ2) is 4.66. The monoisotopic (exact) mass is 209 g/mol. The number of carboxylic acid groups (broad SMARTS) is 1. The van der Waals surface area contributed by atoms with Crippen LogP contribution in [0.3, 0.4) is 0 Å². The van der Waals surface area contributed by atoms with Crippen molar-refractivity contribution in [1.29, 1.82) is 0 Å². The Morgan fingerprint density at radius 2 is 2.00 bits per heavy atom. The van der Waals surface area contributed by atoms with Gasteiger partial charge in [0, 0.05) is 22.2 Å². The Labute approximate surface area is 109 Å². The second-order valence-corrected chi connectivity index (χ2v) is 3.04. The van der Waals surface area contributed by atoms with Gasteiger partial charge >= 0.3 is 29.6 Å². The number of carbonyl (C=O) groups is 1. The van der Waals surface area contributed by atoms with Gasteiger partial charge < -0.3 is 14.9 Å². The number of aromatic nitrogens is 1. The normalized spacial score (nSPS) is 9.60. The number of carboxylic acids is 1. The van der Waals surface area contributed by atoms with E-state index in [1.165, 1.54) is 0 Å². The van der Waals surface area contributed by atoms with Gasteiger partial charge in [-0.1, -0.05) is 24.8 Å². The van der Waals surface area contributed by atoms with Crippen LogP contribution in [0, 0.1) is 0 Å². The van der Waals surface area contributed by atoms with Crippen molar-refractivity contribution in [3.63, 3.8) is 0 Å². The predicted molar refractivity (Wildman–Crippen MR) is 52.3 cm³/mol. The number of benzene rings is 1. The molecule has 0 amide bonds. The summed E-state index contributed by atoms with van der Waals surface area (Å²) in [7, 11) is 0. The van der Waals surface area contributed by atoms with Crippen LogP contribution in [-0.4, -0.2) is 11.0 Å². The Balaban J connectivity index is 0.00000112. The van der Waals surface area contributed by atoms with E-state index in [9.17, 15) is 9.90 Å². The Morgan fingerprint density at radius 3 is 2.60 bits per heavy atom. The van der Waals surface area contributed by atoms with Crippen LogP contribution in [0.1, 0.15) is 5.69 Å². The molecule has 0 aliphatic carbocycles. The number of H-pyrrole nitrogens is 1. The molecular formula is C11H8NNaO2. The second-order valence-electron chi connectivity index (χ2n) is 3.04. The topological polar surface area (TPSA) is 55.9 Å². The minimum absolute atomic E-state index is 0. The van der Waals surface area contributed by atoms with Gasteiger partial charge in [-0.05, 0) is 12.1 Å². The molecule has 15 heavy (non-hydrogen) atoms. The summed E-state index contributed by atoms with van der Waals surface area (Å²) in [5.41, 5.74) is 1.36. The number of carbonyl (C=O) groups excluding carboxylic acids is 1. The summed E-state index contributed by atoms with van der Waals surface area (Å²) in [6.07, 6.45) is 0. The smallest absolute Gasteiger partial charge is 0.545 e. The minimum Gasteiger partial charge on any atom is -0.545 e. The number of para-hydroxylation sites is 1. The minimum atomic E-state index is -1.25. The molecule has 1 aromatic carbocycles. The SMILES string of the molecule is C=C(C(=O)[O-])c1cc2ccccc2[nH]1.[Na+]. The molecule has 0 aliphatic heterocycles. The van der Waals surface area contributed by atoms with Crippen LogP contribution in [0.15, 0.2) is 36.9 Å². The van der Waals surface area contributed by atoms with E-state index in [4.69, 9.17) is 0 Å². The first kappa shape index (κ1) is 12.0. The standard InChI is InChI=1S/C11H9NO2.Na/c1-7(11(13)14)10-6-8-4-2-3-5-9(8)12-10;/h2-6,12H,1H2,(H,13,14);/q;+1/p-1. The fourth-order valence-electron chi connectivity index (χ4n) is 1.35. The van der Waals surface area contributed by atoms with E-state index in [-0.39, 0.29) is 35.1 Å². The third kappa shape index (κ3) is 2.31. The fourth-order valence-corrected chi connectivity index (χ4v) is 1.35. The summed E-state index contributed by atoms with van der Waals surface area (Å²) >= 11 is 0. The van der Waals surface area contributed by atoms with E-state index in [1.807, 2.05) is 24.3 Å². The maximum absolute atomic E-state index is 10.5. The van der Waals surface area contributed by atoms with Crippen LogP contribution in [0.2, 0.25) is 0 Å². The van der Waals surface area contributed by atoms with Gasteiger partial charge in [0.25, 0.3) is 0 Å². The van der Waals surface area contributed by atoms with Gasteiger partial charge in [0.05, 0.1) is 5.97 Å². The van der Waals surface area contributed by atoms with Crippen molar-refractivity contribution in [3.8, 4) is 0 Å². The van der Waals surface area contributed by atoms with Gasteiger partial charge in [0.15, 0.2) is 0 Å². The molecule has 0 atom stereocenters. The number of aliphatic carboxylic acids is 1. The van der Waals surface area contributed by atoms with Crippen LogP contribution in [0.25, 0.3) is 16.5 Å². The maximum atomic E-state index is 10.5. The zero-order valence-electron chi connectivity index (χ0n) is 8.41. The molecule has 2 rings (SSSR count). The van der Waals surface area contributed by atoms with E-state index < -0.39 is 5.97 Å². The summed E-state index contributed by atoms with van der Waals surface area (Å²) in [4.78, 5) is 13.5. The molecule has 1 aromatic heterocycles. The average molecular weight is 209 g/mol. The molecule has 1 N–H and O–H groups in total. The van der Waals surface area contributed by atoms with E-state index in [0.717, 1.165) is 10.9 Å². The Morgan fingerprint density at radius 1 is 1.33 bits per heavy atom. The molecule has 3 nitrogen and oxygen atoms in total. The van der Waals surface area contributed by atoms with Gasteiger partial charge in [-0.15, -0.1) is 0 Å². The zero-order chi connectivity index (χ0) is 10.1. The van der Waals surface area contributed by atoms with Crippen LogP contribution >= 0.6 is 0 Å². The van der Waals surface area contributed by atoms with Crippen molar-refractivity contribution in [1.82, 2.24) is 4.98 Å². The van der Waals surface area contributed by atoms with E-state index in [2.05, 4.69) is 11.6 Å². The van der Waals surface area contributed by atoms with Crippen molar-refractivity contribution >= 4 is 22.4 Å². The summed E-state index contributed by atoms with van der Waals surface area (Å²) in [5.74, 6) is -1.25. The van der Waals surface area contributed by atoms with Crippen molar-refractivity contribution < 1.29 is 39.5 Å². The van der Waals surface area contributed by atoms with Crippen LogP contribution in [-0.2, 0) is 4.79 Å². The van der Waals surface area contributed by atoms with Crippen molar-refractivity contribution in [2.45, 2.75) is 0 Å². The summed E-state index contributed by atoms with van der Waals surface area (Å²) < 4.78 is 0. The first-order valence-corrected chi connectivity index (χ1v) is 4.17. The van der Waals surface area contributed by atoms with Gasteiger partial charge in [-0.2, -0.15) is 0 Å². The number of hydrogen-bond acceptors (Lipinski definition) is 2. The number of nitrogens with one attached hydrogen (secondary N) is 1. The van der Waals surface area contributed by atoms with Crippen molar-refractivity contribution in [3.05, 3.63) is 42.6 Å². The summed E-state index contributed by atoms with van der Waals surface area (Å²) in [6.45, 7) is 3.43. The number of aromatic amines is 1. The first-order chi connectivity index (χ1) is 6.68. The summed E-state index contributed by atoms with van der Waals surface area (Å²) in [5, 5.41) is 11.5. The van der Waals surface area contributed by atoms with Gasteiger partial charge in [0.2, 0.25) is 0 Å². The maximum Gasteiger partial charge on any atom is 1.00 e. The molecule has 0 saturated heterocycles. The zero-order valence-corrected chi connectivity index (χ0v) is 10.4. The molecule has 0 bridgehead atoms. The molecule has 1 heterocycles. The van der Waals surface area contributed by atoms with Crippen LogP contribution in [0.4, 0.5) is 0 Å². The molecule has 0 unspecified atom stereocenters. The molecular weight excluding hydrogens is 201 g/mol. The van der Waals surface area contributed by atoms with Crippen LogP contribution < -0.4 is 34.7 Å². The third-order valence-electron chi connectivity index (χ3n) is 2.10. The van der Waals surface area contributed by atoms with Gasteiger partial charge in [-0.25, -0.2) is 0 Å². The van der Waals surface area contributed by atoms with E-state index in [0.29, 0.717) is 5.69 Å². The largest absolute Gasteiger partial charge is 1.00 e. The number of rotatable bonds is 2. The predicted octanol–water partition coefficient (Wildman–Crippen LogP) is -2.06. The molecule has 0 radical (unpaired) electrons. The van der Waals surface area contributed by atoms with Crippen LogP contribution in [0.5, 0.6) is 0 Å². The van der Waals surface area contributed by atoms with Crippen molar-refractivity contribution in [2.75, 3.05) is 0 Å². The fraction of sp³-hybridized carbons (Fsp3) is 0. The Kier molecular flexibility index (Phi) is 3.74. The molecule has 70 valence electrons.